The second kappa shape index (κ2) is 5.14. The van der Waals surface area contributed by atoms with Gasteiger partial charge in [0.15, 0.2) is 11.5 Å². The zero-order chi connectivity index (χ0) is 13.1. The minimum Gasteiger partial charge on any atom is -0.504 e. The molecule has 1 heterocycles. The molecular weight excluding hydrogens is 234 g/mol. The first kappa shape index (κ1) is 12.5. The van der Waals surface area contributed by atoms with Crippen LogP contribution in [0.15, 0.2) is 17.2 Å². The van der Waals surface area contributed by atoms with Crippen molar-refractivity contribution >= 4 is 6.21 Å². The lowest BCUT2D eigenvalue weighted by Crippen LogP contribution is -2.41. The summed E-state index contributed by atoms with van der Waals surface area (Å²) in [7, 11) is 2.06. The van der Waals surface area contributed by atoms with Crippen LogP contribution in [0.3, 0.4) is 0 Å². The van der Waals surface area contributed by atoms with Gasteiger partial charge in [-0.1, -0.05) is 0 Å². The standard InChI is InChI=1S/C12H17N3O3/c1-14-4-6-15(7-5-14)13-8-9-2-3-10(16)12(18)11(9)17/h2-3,8,16-18H,4-7H2,1H3/b13-8+. The molecule has 98 valence electrons. The van der Waals surface area contributed by atoms with E-state index in [0.717, 1.165) is 26.2 Å². The number of phenolic OH excluding ortho intramolecular Hbond substituents is 3. The summed E-state index contributed by atoms with van der Waals surface area (Å²) in [5, 5.41) is 34.4. The molecule has 6 nitrogen and oxygen atoms in total. The Hall–Kier alpha value is -1.95. The van der Waals surface area contributed by atoms with Crippen molar-refractivity contribution in [2.75, 3.05) is 33.2 Å². The second-order valence-corrected chi connectivity index (χ2v) is 4.37. The predicted octanol–water partition coefficient (Wildman–Crippen LogP) is 0.385. The lowest BCUT2D eigenvalue weighted by Gasteiger charge is -2.30. The molecule has 0 amide bonds. The highest BCUT2D eigenvalue weighted by atomic mass is 16.3. The van der Waals surface area contributed by atoms with Crippen LogP contribution in [0, 0.1) is 0 Å². The van der Waals surface area contributed by atoms with Crippen LogP contribution in [0.5, 0.6) is 17.2 Å². The largest absolute Gasteiger partial charge is 0.504 e. The van der Waals surface area contributed by atoms with Crippen LogP contribution in [-0.4, -0.2) is 64.7 Å². The molecule has 3 N–H and O–H groups in total. The van der Waals surface area contributed by atoms with E-state index >= 15 is 0 Å². The van der Waals surface area contributed by atoms with Crippen LogP contribution in [0.1, 0.15) is 5.56 Å². The molecule has 0 aromatic heterocycles. The van der Waals surface area contributed by atoms with Crippen molar-refractivity contribution in [3.63, 3.8) is 0 Å². The number of nitrogens with zero attached hydrogens (tertiary/aromatic N) is 3. The molecule has 0 atom stereocenters. The monoisotopic (exact) mass is 251 g/mol. The van der Waals surface area contributed by atoms with Gasteiger partial charge in [-0.15, -0.1) is 0 Å². The minimum atomic E-state index is -0.516. The summed E-state index contributed by atoms with van der Waals surface area (Å²) in [6.45, 7) is 3.56. The number of benzene rings is 1. The number of hydrazone groups is 1. The van der Waals surface area contributed by atoms with E-state index in [0.29, 0.717) is 5.56 Å². The zero-order valence-corrected chi connectivity index (χ0v) is 10.2. The summed E-state index contributed by atoms with van der Waals surface area (Å²) in [4.78, 5) is 2.22. The van der Waals surface area contributed by atoms with Crippen LogP contribution in [0.4, 0.5) is 0 Å². The van der Waals surface area contributed by atoms with Crippen molar-refractivity contribution in [3.05, 3.63) is 17.7 Å². The number of hydrogen-bond donors (Lipinski definition) is 3. The van der Waals surface area contributed by atoms with E-state index in [9.17, 15) is 15.3 Å². The first-order valence-corrected chi connectivity index (χ1v) is 5.79. The average Bonchev–Trinajstić information content (AvgIpc) is 2.37. The molecule has 1 saturated heterocycles. The van der Waals surface area contributed by atoms with Crippen molar-refractivity contribution in [1.29, 1.82) is 0 Å². The number of likely N-dealkylation sites (N-methyl/N-ethyl adjacent to an activating group) is 1. The topological polar surface area (TPSA) is 79.5 Å². The highest BCUT2D eigenvalue weighted by Crippen LogP contribution is 2.36. The minimum absolute atomic E-state index is 0.343. The van der Waals surface area contributed by atoms with E-state index in [1.807, 2.05) is 5.01 Å². The van der Waals surface area contributed by atoms with Crippen LogP contribution < -0.4 is 0 Å². The van der Waals surface area contributed by atoms with Crippen molar-refractivity contribution in [1.82, 2.24) is 9.91 Å². The molecule has 0 spiro atoms. The van der Waals surface area contributed by atoms with E-state index in [4.69, 9.17) is 0 Å². The summed E-state index contributed by atoms with van der Waals surface area (Å²) in [6.07, 6.45) is 1.49. The van der Waals surface area contributed by atoms with Gasteiger partial charge in [0.1, 0.15) is 0 Å². The van der Waals surface area contributed by atoms with Crippen molar-refractivity contribution in [3.8, 4) is 17.2 Å². The molecular formula is C12H17N3O3. The van der Waals surface area contributed by atoms with Gasteiger partial charge in [-0.05, 0) is 19.2 Å². The van der Waals surface area contributed by atoms with Gasteiger partial charge in [0.05, 0.1) is 6.21 Å². The maximum atomic E-state index is 9.62. The Balaban J connectivity index is 2.07. The average molecular weight is 251 g/mol. The smallest absolute Gasteiger partial charge is 0.200 e. The summed E-state index contributed by atoms with van der Waals surface area (Å²) in [5.41, 5.74) is 0.379. The molecule has 0 unspecified atom stereocenters. The number of phenols is 3. The number of rotatable bonds is 2. The third-order valence-corrected chi connectivity index (χ3v) is 3.00. The SMILES string of the molecule is CN1CCN(/N=C/c2ccc(O)c(O)c2O)CC1. The van der Waals surface area contributed by atoms with Crippen molar-refractivity contribution in [2.45, 2.75) is 0 Å². The highest BCUT2D eigenvalue weighted by molar-refractivity contribution is 5.85. The molecule has 0 aliphatic carbocycles. The molecule has 18 heavy (non-hydrogen) atoms. The van der Waals surface area contributed by atoms with E-state index < -0.39 is 5.75 Å². The van der Waals surface area contributed by atoms with Crippen LogP contribution >= 0.6 is 0 Å². The van der Waals surface area contributed by atoms with E-state index in [1.165, 1.54) is 18.3 Å². The lowest BCUT2D eigenvalue weighted by molar-refractivity contribution is 0.159. The molecule has 2 rings (SSSR count). The Bertz CT molecular complexity index is 454. The molecule has 1 aromatic rings. The second-order valence-electron chi connectivity index (χ2n) is 4.37. The quantitative estimate of drug-likeness (QED) is 0.523. The van der Waals surface area contributed by atoms with Gasteiger partial charge in [0, 0.05) is 31.7 Å². The highest BCUT2D eigenvalue weighted by Gasteiger charge is 2.12. The molecule has 6 heteroatoms. The summed E-state index contributed by atoms with van der Waals surface area (Å²) >= 11 is 0. The summed E-state index contributed by atoms with van der Waals surface area (Å²) in [5.74, 6) is -1.21. The molecule has 1 aliphatic heterocycles. The molecule has 1 aromatic carbocycles. The van der Waals surface area contributed by atoms with Crippen LogP contribution in [-0.2, 0) is 0 Å². The fourth-order valence-corrected chi connectivity index (χ4v) is 1.74. The Labute approximate surface area is 105 Å². The van der Waals surface area contributed by atoms with Gasteiger partial charge < -0.3 is 20.2 Å². The van der Waals surface area contributed by atoms with Gasteiger partial charge in [0.2, 0.25) is 5.75 Å². The third kappa shape index (κ3) is 2.65. The van der Waals surface area contributed by atoms with Crippen molar-refractivity contribution in [2.24, 2.45) is 5.10 Å². The van der Waals surface area contributed by atoms with E-state index in [-0.39, 0.29) is 11.5 Å². The predicted molar refractivity (Wildman–Crippen MR) is 68.1 cm³/mol. The number of aromatic hydroxyl groups is 3. The Morgan fingerprint density at radius 3 is 2.39 bits per heavy atom. The fourth-order valence-electron chi connectivity index (χ4n) is 1.74. The maximum Gasteiger partial charge on any atom is 0.200 e. The molecule has 1 fully saturated rings. The zero-order valence-electron chi connectivity index (χ0n) is 10.2. The molecule has 0 bridgehead atoms. The summed E-state index contributed by atoms with van der Waals surface area (Å²) < 4.78 is 0. The first-order valence-electron chi connectivity index (χ1n) is 5.79. The van der Waals surface area contributed by atoms with E-state index in [2.05, 4.69) is 17.0 Å². The fraction of sp³-hybridized carbons (Fsp3) is 0.417. The molecule has 0 saturated carbocycles. The van der Waals surface area contributed by atoms with Crippen molar-refractivity contribution < 1.29 is 15.3 Å². The van der Waals surface area contributed by atoms with Gasteiger partial charge in [0.25, 0.3) is 0 Å². The van der Waals surface area contributed by atoms with Gasteiger partial charge in [-0.2, -0.15) is 5.10 Å². The van der Waals surface area contributed by atoms with E-state index in [1.54, 1.807) is 0 Å². The molecule has 0 radical (unpaired) electrons. The number of hydrogen-bond acceptors (Lipinski definition) is 6. The number of piperazine rings is 1. The van der Waals surface area contributed by atoms with Gasteiger partial charge in [-0.3, -0.25) is 5.01 Å². The van der Waals surface area contributed by atoms with Crippen LogP contribution in [0.2, 0.25) is 0 Å². The Kier molecular flexibility index (Phi) is 3.57. The molecule has 1 aliphatic rings. The maximum absolute atomic E-state index is 9.62. The first-order chi connectivity index (χ1) is 8.58. The Morgan fingerprint density at radius 1 is 1.06 bits per heavy atom. The van der Waals surface area contributed by atoms with Crippen LogP contribution in [0.25, 0.3) is 0 Å². The van der Waals surface area contributed by atoms with Gasteiger partial charge in [-0.25, -0.2) is 0 Å². The van der Waals surface area contributed by atoms with Gasteiger partial charge >= 0.3 is 0 Å². The third-order valence-electron chi connectivity index (χ3n) is 3.00. The Morgan fingerprint density at radius 2 is 1.72 bits per heavy atom. The lowest BCUT2D eigenvalue weighted by atomic mass is 10.2. The summed E-state index contributed by atoms with van der Waals surface area (Å²) in [6, 6.07) is 2.82. The normalized spacial score (nSPS) is 17.5.